The zero-order chi connectivity index (χ0) is 20.5. The van der Waals surface area contributed by atoms with Crippen molar-refractivity contribution in [2.45, 2.75) is 41.6 Å². The number of aliphatic hydroxyl groups excluding tert-OH is 3. The lowest BCUT2D eigenvalue weighted by Crippen LogP contribution is -2.55. The van der Waals surface area contributed by atoms with Crippen LogP contribution in [0.15, 0.2) is 39.4 Å². The molecule has 5 unspecified atom stereocenters. The van der Waals surface area contributed by atoms with Crippen LogP contribution in [0, 0.1) is 6.92 Å². The van der Waals surface area contributed by atoms with Crippen molar-refractivity contribution >= 4 is 39.0 Å². The van der Waals surface area contributed by atoms with E-state index in [1.165, 1.54) is 27.8 Å². The van der Waals surface area contributed by atoms with Gasteiger partial charge in [-0.05, 0) is 28.9 Å². The van der Waals surface area contributed by atoms with Crippen LogP contribution in [-0.4, -0.2) is 70.6 Å². The topological polar surface area (TPSA) is 126 Å². The second-order valence-electron chi connectivity index (χ2n) is 6.49. The Balaban J connectivity index is 1.61. The molecule has 3 aromatic rings. The number of nitrogens with zero attached hydrogens (tertiary/aromatic N) is 5. The highest BCUT2D eigenvalue weighted by Gasteiger charge is 2.46. The minimum atomic E-state index is -1.17. The van der Waals surface area contributed by atoms with Crippen LogP contribution in [0.5, 0.6) is 0 Å². The summed E-state index contributed by atoms with van der Waals surface area (Å²) in [5, 5.41) is 42.3. The molecule has 0 amide bonds. The third-order valence-electron chi connectivity index (χ3n) is 4.48. The van der Waals surface area contributed by atoms with Gasteiger partial charge in [0.1, 0.15) is 41.2 Å². The van der Waals surface area contributed by atoms with Crippen molar-refractivity contribution in [2.24, 2.45) is 0 Å². The Morgan fingerprint density at radius 1 is 1.28 bits per heavy atom. The number of aromatic nitrogens is 5. The van der Waals surface area contributed by atoms with Gasteiger partial charge in [0.15, 0.2) is 0 Å². The second-order valence-corrected chi connectivity index (χ2v) is 9.64. The largest absolute Gasteiger partial charge is 0.394 e. The van der Waals surface area contributed by atoms with E-state index in [2.05, 4.69) is 36.2 Å². The first-order chi connectivity index (χ1) is 14.0. The molecule has 4 heterocycles. The van der Waals surface area contributed by atoms with Gasteiger partial charge in [0.05, 0.1) is 17.8 Å². The van der Waals surface area contributed by atoms with Gasteiger partial charge in [-0.3, -0.25) is 4.98 Å². The third kappa shape index (κ3) is 4.38. The molecular weight excluding hydrogens is 482 g/mol. The fraction of sp³-hybridized carbons (Fsp3) is 0.412. The van der Waals surface area contributed by atoms with Gasteiger partial charge in [-0.1, -0.05) is 17.0 Å². The molecule has 1 saturated heterocycles. The molecule has 29 heavy (non-hydrogen) atoms. The van der Waals surface area contributed by atoms with Gasteiger partial charge in [0.2, 0.25) is 0 Å². The first kappa shape index (κ1) is 20.8. The lowest BCUT2D eigenvalue weighted by Gasteiger charge is -2.41. The number of rotatable bonds is 5. The van der Waals surface area contributed by atoms with Crippen LogP contribution >= 0.6 is 39.0 Å². The summed E-state index contributed by atoms with van der Waals surface area (Å²) in [7, 11) is 0. The molecule has 0 saturated carbocycles. The van der Waals surface area contributed by atoms with Crippen molar-refractivity contribution < 1.29 is 20.1 Å². The predicted molar refractivity (Wildman–Crippen MR) is 110 cm³/mol. The second kappa shape index (κ2) is 8.76. The summed E-state index contributed by atoms with van der Waals surface area (Å²) in [6.45, 7) is 1.50. The summed E-state index contributed by atoms with van der Waals surface area (Å²) in [5.41, 5.74) is 0.478. The highest BCUT2D eigenvalue weighted by atomic mass is 79.9. The van der Waals surface area contributed by atoms with E-state index in [0.717, 1.165) is 14.4 Å². The smallest absolute Gasteiger partial charge is 0.136 e. The molecule has 3 aromatic heterocycles. The molecule has 12 heteroatoms. The molecule has 1 aliphatic heterocycles. The molecule has 0 spiro atoms. The van der Waals surface area contributed by atoms with E-state index in [4.69, 9.17) is 4.74 Å². The number of thioether (sulfide) groups is 1. The van der Waals surface area contributed by atoms with Crippen LogP contribution < -0.4 is 0 Å². The maximum Gasteiger partial charge on any atom is 0.136 e. The average molecular weight is 500 g/mol. The Kier molecular flexibility index (Phi) is 6.30. The highest BCUT2D eigenvalue weighted by Crippen LogP contribution is 2.38. The normalized spacial score (nSPS) is 27.3. The van der Waals surface area contributed by atoms with E-state index >= 15 is 0 Å². The van der Waals surface area contributed by atoms with E-state index in [1.54, 1.807) is 18.6 Å². The molecule has 154 valence electrons. The van der Waals surface area contributed by atoms with Gasteiger partial charge in [-0.25, -0.2) is 9.67 Å². The summed E-state index contributed by atoms with van der Waals surface area (Å²) < 4.78 is 7.96. The zero-order valence-corrected chi connectivity index (χ0v) is 18.4. The van der Waals surface area contributed by atoms with Crippen molar-refractivity contribution in [3.05, 3.63) is 39.5 Å². The molecule has 0 bridgehead atoms. The molecular formula is C17H18BrN5O4S2. The van der Waals surface area contributed by atoms with Gasteiger partial charge >= 0.3 is 0 Å². The number of hydrogen-bond acceptors (Lipinski definition) is 10. The number of aryl methyl sites for hydroxylation is 1. The fourth-order valence-electron chi connectivity index (χ4n) is 3.09. The Morgan fingerprint density at radius 3 is 2.79 bits per heavy atom. The van der Waals surface area contributed by atoms with Crippen LogP contribution in [-0.2, 0) is 4.74 Å². The maximum absolute atomic E-state index is 11.0. The average Bonchev–Trinajstić information content (AvgIpc) is 3.33. The Hall–Kier alpha value is -1.41. The molecule has 5 atom stereocenters. The van der Waals surface area contributed by atoms with E-state index in [0.29, 0.717) is 11.4 Å². The van der Waals surface area contributed by atoms with Crippen molar-refractivity contribution in [3.63, 3.8) is 0 Å². The van der Waals surface area contributed by atoms with E-state index in [9.17, 15) is 15.3 Å². The number of ether oxygens (including phenoxy) is 1. The van der Waals surface area contributed by atoms with Gasteiger partial charge in [-0.15, -0.1) is 16.4 Å². The summed E-state index contributed by atoms with van der Waals surface area (Å²) >= 11 is 6.12. The monoisotopic (exact) mass is 499 g/mol. The van der Waals surface area contributed by atoms with Crippen LogP contribution in [0.2, 0.25) is 0 Å². The van der Waals surface area contributed by atoms with E-state index < -0.39 is 36.4 Å². The summed E-state index contributed by atoms with van der Waals surface area (Å²) in [6.07, 6.45) is 1.78. The first-order valence-corrected chi connectivity index (χ1v) is 11.3. The number of hydrogen-bond donors (Lipinski definition) is 3. The quantitative estimate of drug-likeness (QED) is 0.479. The number of thiazole rings is 1. The van der Waals surface area contributed by atoms with Gasteiger partial charge < -0.3 is 20.1 Å². The standard InChI is InChI=1S/C17H18BrN5O4S2/c1-8-20-12(7-28-8)11-5-23(22-21-11)14-15(25)13(6-24)27-17(16(14)26)29-10-2-9(18)3-19-4-10/h2-5,7,13-17,24-26H,6H2,1H3. The van der Waals surface area contributed by atoms with Crippen LogP contribution in [0.25, 0.3) is 11.4 Å². The van der Waals surface area contributed by atoms with E-state index in [1.807, 2.05) is 18.4 Å². The Morgan fingerprint density at radius 2 is 2.10 bits per heavy atom. The maximum atomic E-state index is 11.0. The van der Waals surface area contributed by atoms with Gasteiger partial charge in [0.25, 0.3) is 0 Å². The highest BCUT2D eigenvalue weighted by molar-refractivity contribution is 9.10. The van der Waals surface area contributed by atoms with Gasteiger partial charge in [-0.2, -0.15) is 0 Å². The first-order valence-electron chi connectivity index (χ1n) is 8.70. The minimum Gasteiger partial charge on any atom is -0.394 e. The molecule has 0 aliphatic carbocycles. The summed E-state index contributed by atoms with van der Waals surface area (Å²) in [4.78, 5) is 9.26. The van der Waals surface area contributed by atoms with Gasteiger partial charge in [0, 0.05) is 27.1 Å². The zero-order valence-electron chi connectivity index (χ0n) is 15.2. The SMILES string of the molecule is Cc1nc(-c2cn(C3C(O)C(CO)OC(Sc4cncc(Br)c4)C3O)nn2)cs1. The van der Waals surface area contributed by atoms with E-state index in [-0.39, 0.29) is 0 Å². The molecule has 4 rings (SSSR count). The van der Waals surface area contributed by atoms with Crippen molar-refractivity contribution in [2.75, 3.05) is 6.61 Å². The fourth-order valence-corrected chi connectivity index (χ4v) is 5.30. The molecule has 3 N–H and O–H groups in total. The lowest BCUT2D eigenvalue weighted by atomic mass is 9.97. The van der Waals surface area contributed by atoms with Crippen LogP contribution in [0.3, 0.4) is 0 Å². The van der Waals surface area contributed by atoms with Crippen molar-refractivity contribution in [3.8, 4) is 11.4 Å². The molecule has 1 aliphatic rings. The number of aliphatic hydroxyl groups is 3. The van der Waals surface area contributed by atoms with Crippen LogP contribution in [0.1, 0.15) is 11.0 Å². The number of pyridine rings is 1. The third-order valence-corrected chi connectivity index (χ3v) is 6.80. The lowest BCUT2D eigenvalue weighted by molar-refractivity contribution is -0.178. The Labute approximate surface area is 182 Å². The molecule has 1 fully saturated rings. The van der Waals surface area contributed by atoms with Crippen LogP contribution in [0.4, 0.5) is 0 Å². The predicted octanol–water partition coefficient (Wildman–Crippen LogP) is 1.64. The summed E-state index contributed by atoms with van der Waals surface area (Å²) in [6, 6.07) is 0.999. The molecule has 9 nitrogen and oxygen atoms in total. The summed E-state index contributed by atoms with van der Waals surface area (Å²) in [5.74, 6) is 0. The van der Waals surface area contributed by atoms with Crippen molar-refractivity contribution in [1.29, 1.82) is 0 Å². The minimum absolute atomic E-state index is 0.398. The van der Waals surface area contributed by atoms with Crippen molar-refractivity contribution in [1.82, 2.24) is 25.0 Å². The number of halogens is 1. The molecule has 0 radical (unpaired) electrons. The Bertz CT molecular complexity index is 986. The molecule has 0 aromatic carbocycles.